The van der Waals surface area contributed by atoms with Crippen LogP contribution in [0.2, 0.25) is 5.02 Å². The van der Waals surface area contributed by atoms with Crippen LogP contribution in [0.3, 0.4) is 0 Å². The van der Waals surface area contributed by atoms with Gasteiger partial charge in [-0.2, -0.15) is 4.98 Å². The van der Waals surface area contributed by atoms with E-state index in [2.05, 4.69) is 20.1 Å². The summed E-state index contributed by atoms with van der Waals surface area (Å²) in [4.78, 5) is 12.3. The number of nitrogens with two attached hydrogens (primary N) is 1. The Morgan fingerprint density at radius 2 is 2.11 bits per heavy atom. The maximum atomic E-state index is 5.86. The molecule has 2 N–H and O–H groups in total. The van der Waals surface area contributed by atoms with Crippen LogP contribution in [0.15, 0.2) is 41.3 Å². The molecule has 3 aromatic rings. The van der Waals surface area contributed by atoms with Crippen molar-refractivity contribution in [3.8, 4) is 23.0 Å². The van der Waals surface area contributed by atoms with Crippen molar-refractivity contribution in [1.82, 2.24) is 20.1 Å². The van der Waals surface area contributed by atoms with E-state index in [1.54, 1.807) is 36.8 Å². The zero-order chi connectivity index (χ0) is 13.2. The Kier molecular flexibility index (Phi) is 2.85. The van der Waals surface area contributed by atoms with Gasteiger partial charge in [-0.25, -0.2) is 4.98 Å². The second-order valence-corrected chi connectivity index (χ2v) is 4.16. The van der Waals surface area contributed by atoms with Gasteiger partial charge >= 0.3 is 0 Å². The summed E-state index contributed by atoms with van der Waals surface area (Å²) in [5, 5.41) is 4.34. The SMILES string of the molecule is Nc1cc(-c2nc(-c3cnccn3)no2)ccc1Cl. The molecule has 0 aliphatic carbocycles. The molecule has 0 fully saturated rings. The zero-order valence-electron chi connectivity index (χ0n) is 9.62. The van der Waals surface area contributed by atoms with E-state index in [9.17, 15) is 0 Å². The van der Waals surface area contributed by atoms with E-state index >= 15 is 0 Å². The number of halogens is 1. The Bertz CT molecular complexity index is 713. The van der Waals surface area contributed by atoms with Gasteiger partial charge in [-0.05, 0) is 18.2 Å². The van der Waals surface area contributed by atoms with Gasteiger partial charge in [0.05, 0.1) is 16.9 Å². The van der Waals surface area contributed by atoms with Crippen molar-refractivity contribution in [3.63, 3.8) is 0 Å². The fourth-order valence-electron chi connectivity index (χ4n) is 1.54. The maximum absolute atomic E-state index is 5.86. The van der Waals surface area contributed by atoms with E-state index < -0.39 is 0 Å². The third kappa shape index (κ3) is 2.25. The molecular weight excluding hydrogens is 266 g/mol. The van der Waals surface area contributed by atoms with Gasteiger partial charge in [0, 0.05) is 18.0 Å². The lowest BCUT2D eigenvalue weighted by Crippen LogP contribution is -1.88. The number of rotatable bonds is 2. The molecule has 0 spiro atoms. The van der Waals surface area contributed by atoms with Gasteiger partial charge in [0.15, 0.2) is 0 Å². The molecule has 0 atom stereocenters. The number of nitrogen functional groups attached to an aromatic ring is 1. The predicted octanol–water partition coefficient (Wildman–Crippen LogP) is 2.43. The molecule has 0 radical (unpaired) electrons. The molecule has 0 saturated carbocycles. The topological polar surface area (TPSA) is 90.7 Å². The van der Waals surface area contributed by atoms with Gasteiger partial charge < -0.3 is 10.3 Å². The molecule has 0 unspecified atom stereocenters. The van der Waals surface area contributed by atoms with Crippen molar-refractivity contribution in [3.05, 3.63) is 41.8 Å². The van der Waals surface area contributed by atoms with Crippen molar-refractivity contribution in [2.45, 2.75) is 0 Å². The summed E-state index contributed by atoms with van der Waals surface area (Å²) in [5.74, 6) is 0.723. The minimum atomic E-state index is 0.351. The number of hydrogen-bond donors (Lipinski definition) is 1. The highest BCUT2D eigenvalue weighted by Crippen LogP contribution is 2.26. The first-order valence-corrected chi connectivity index (χ1v) is 5.77. The van der Waals surface area contributed by atoms with E-state index in [0.717, 1.165) is 0 Å². The average molecular weight is 274 g/mol. The monoisotopic (exact) mass is 273 g/mol. The highest BCUT2D eigenvalue weighted by atomic mass is 35.5. The van der Waals surface area contributed by atoms with E-state index in [4.69, 9.17) is 21.9 Å². The molecule has 2 heterocycles. The Morgan fingerprint density at radius 1 is 1.21 bits per heavy atom. The Balaban J connectivity index is 1.99. The van der Waals surface area contributed by atoms with Crippen LogP contribution >= 0.6 is 11.6 Å². The van der Waals surface area contributed by atoms with Crippen LogP contribution in [0.5, 0.6) is 0 Å². The fraction of sp³-hybridized carbons (Fsp3) is 0. The van der Waals surface area contributed by atoms with Crippen molar-refractivity contribution in [2.75, 3.05) is 5.73 Å². The molecule has 3 rings (SSSR count). The molecular formula is C12H8ClN5O. The summed E-state index contributed by atoms with van der Waals surface area (Å²) < 4.78 is 5.17. The normalized spacial score (nSPS) is 10.6. The summed E-state index contributed by atoms with van der Waals surface area (Å²) >= 11 is 5.86. The number of nitrogens with zero attached hydrogens (tertiary/aromatic N) is 4. The third-order valence-electron chi connectivity index (χ3n) is 2.46. The van der Waals surface area contributed by atoms with Crippen LogP contribution in [0, 0.1) is 0 Å². The van der Waals surface area contributed by atoms with E-state index in [0.29, 0.717) is 33.7 Å². The zero-order valence-corrected chi connectivity index (χ0v) is 10.4. The van der Waals surface area contributed by atoms with Gasteiger partial charge in [0.1, 0.15) is 5.69 Å². The highest BCUT2D eigenvalue weighted by Gasteiger charge is 2.12. The first-order chi connectivity index (χ1) is 9.24. The third-order valence-corrected chi connectivity index (χ3v) is 2.81. The van der Waals surface area contributed by atoms with Crippen LogP contribution in [0.25, 0.3) is 23.0 Å². The van der Waals surface area contributed by atoms with Crippen molar-refractivity contribution in [1.29, 1.82) is 0 Å². The minimum absolute atomic E-state index is 0.351. The summed E-state index contributed by atoms with van der Waals surface area (Å²) in [6.07, 6.45) is 4.70. The Hall–Kier alpha value is -2.47. The first-order valence-electron chi connectivity index (χ1n) is 5.39. The van der Waals surface area contributed by atoms with Crippen LogP contribution in [-0.4, -0.2) is 20.1 Å². The summed E-state index contributed by atoms with van der Waals surface area (Å²) in [6.45, 7) is 0. The lowest BCUT2D eigenvalue weighted by molar-refractivity contribution is 0.432. The predicted molar refractivity (Wildman–Crippen MR) is 70.2 cm³/mol. The van der Waals surface area contributed by atoms with Gasteiger partial charge in [0.25, 0.3) is 5.89 Å². The standard InChI is InChI=1S/C12H8ClN5O/c13-8-2-1-7(5-9(8)14)12-17-11(18-19-12)10-6-15-3-4-16-10/h1-6H,14H2. The number of benzene rings is 1. The largest absolute Gasteiger partial charge is 0.398 e. The molecule has 7 heteroatoms. The molecule has 19 heavy (non-hydrogen) atoms. The van der Waals surface area contributed by atoms with Crippen molar-refractivity contribution in [2.24, 2.45) is 0 Å². The van der Waals surface area contributed by atoms with Gasteiger partial charge in [-0.3, -0.25) is 4.98 Å². The summed E-state index contributed by atoms with van der Waals surface area (Å²) in [5.41, 5.74) is 7.43. The summed E-state index contributed by atoms with van der Waals surface area (Å²) in [6, 6.07) is 5.11. The first kappa shape index (κ1) is 11.6. The van der Waals surface area contributed by atoms with E-state index in [-0.39, 0.29) is 0 Å². The molecule has 6 nitrogen and oxygen atoms in total. The van der Waals surface area contributed by atoms with Crippen LogP contribution in [0.1, 0.15) is 0 Å². The number of hydrogen-bond acceptors (Lipinski definition) is 6. The number of anilines is 1. The van der Waals surface area contributed by atoms with Crippen LogP contribution in [0.4, 0.5) is 5.69 Å². The minimum Gasteiger partial charge on any atom is -0.398 e. The molecule has 2 aromatic heterocycles. The maximum Gasteiger partial charge on any atom is 0.258 e. The Labute approximate surface area is 113 Å². The molecule has 0 aliphatic rings. The second-order valence-electron chi connectivity index (χ2n) is 3.75. The molecule has 1 aromatic carbocycles. The van der Waals surface area contributed by atoms with Gasteiger partial charge in [-0.15, -0.1) is 0 Å². The van der Waals surface area contributed by atoms with Gasteiger partial charge in [-0.1, -0.05) is 16.8 Å². The molecule has 0 aliphatic heterocycles. The van der Waals surface area contributed by atoms with E-state index in [1.807, 2.05) is 0 Å². The van der Waals surface area contributed by atoms with Gasteiger partial charge in [0.2, 0.25) is 5.82 Å². The fourth-order valence-corrected chi connectivity index (χ4v) is 1.65. The lowest BCUT2D eigenvalue weighted by atomic mass is 10.2. The van der Waals surface area contributed by atoms with Crippen molar-refractivity contribution < 1.29 is 4.52 Å². The number of aromatic nitrogens is 4. The summed E-state index contributed by atoms with van der Waals surface area (Å²) in [7, 11) is 0. The van der Waals surface area contributed by atoms with Crippen molar-refractivity contribution >= 4 is 17.3 Å². The molecule has 0 amide bonds. The van der Waals surface area contributed by atoms with Crippen LogP contribution in [-0.2, 0) is 0 Å². The Morgan fingerprint density at radius 3 is 2.84 bits per heavy atom. The lowest BCUT2D eigenvalue weighted by Gasteiger charge is -1.98. The second kappa shape index (κ2) is 4.66. The molecule has 94 valence electrons. The van der Waals surface area contributed by atoms with Crippen LogP contribution < -0.4 is 5.73 Å². The average Bonchev–Trinajstić information content (AvgIpc) is 2.93. The highest BCUT2D eigenvalue weighted by molar-refractivity contribution is 6.33. The molecule has 0 saturated heterocycles. The quantitative estimate of drug-likeness (QED) is 0.721. The smallest absolute Gasteiger partial charge is 0.258 e. The van der Waals surface area contributed by atoms with E-state index in [1.165, 1.54) is 0 Å². The molecule has 0 bridgehead atoms.